The molecular formula is C10H16N4. The number of aromatic nitrogens is 2. The Labute approximate surface area is 84.2 Å². The molecule has 0 spiro atoms. The van der Waals surface area contributed by atoms with Crippen LogP contribution in [0.4, 0.5) is 11.5 Å². The normalized spacial score (nSPS) is 15.0. The maximum atomic E-state index is 4.43. The minimum Gasteiger partial charge on any atom is -0.381 e. The van der Waals surface area contributed by atoms with E-state index in [0.717, 1.165) is 49.0 Å². The summed E-state index contributed by atoms with van der Waals surface area (Å²) in [5.41, 5.74) is 2.21. The van der Waals surface area contributed by atoms with Crippen LogP contribution in [-0.2, 0) is 6.42 Å². The molecule has 0 aliphatic carbocycles. The van der Waals surface area contributed by atoms with Gasteiger partial charge in [-0.2, -0.15) is 0 Å². The highest BCUT2D eigenvalue weighted by atomic mass is 15.1. The summed E-state index contributed by atoms with van der Waals surface area (Å²) in [4.78, 5) is 8.83. The van der Waals surface area contributed by atoms with Gasteiger partial charge in [-0.3, -0.25) is 0 Å². The first-order chi connectivity index (χ1) is 6.81. The number of aryl methyl sites for hydroxylation is 2. The molecule has 0 aromatic carbocycles. The minimum atomic E-state index is 0.844. The van der Waals surface area contributed by atoms with Crippen LogP contribution in [0, 0.1) is 6.92 Å². The molecule has 2 heterocycles. The maximum Gasteiger partial charge on any atom is 0.153 e. The van der Waals surface area contributed by atoms with Crippen LogP contribution in [0.5, 0.6) is 0 Å². The number of nitrogens with one attached hydrogen (secondary N) is 2. The monoisotopic (exact) mass is 192 g/mol. The van der Waals surface area contributed by atoms with E-state index >= 15 is 0 Å². The summed E-state index contributed by atoms with van der Waals surface area (Å²) < 4.78 is 0. The quantitative estimate of drug-likeness (QED) is 0.709. The molecule has 0 radical (unpaired) electrons. The molecule has 1 aliphatic heterocycles. The van der Waals surface area contributed by atoms with Crippen molar-refractivity contribution in [3.05, 3.63) is 11.5 Å². The van der Waals surface area contributed by atoms with E-state index in [9.17, 15) is 0 Å². The summed E-state index contributed by atoms with van der Waals surface area (Å²) in [7, 11) is 0. The average molecular weight is 192 g/mol. The summed E-state index contributed by atoms with van der Waals surface area (Å²) in [6, 6.07) is 0. The molecule has 0 saturated heterocycles. The first kappa shape index (κ1) is 9.24. The molecule has 14 heavy (non-hydrogen) atoms. The lowest BCUT2D eigenvalue weighted by Crippen LogP contribution is -2.07. The molecule has 4 nitrogen and oxygen atoms in total. The van der Waals surface area contributed by atoms with E-state index in [0.29, 0.717) is 0 Å². The highest BCUT2D eigenvalue weighted by molar-refractivity contribution is 5.67. The van der Waals surface area contributed by atoms with Crippen LogP contribution in [0.3, 0.4) is 0 Å². The molecule has 0 unspecified atom stereocenters. The Morgan fingerprint density at radius 3 is 2.79 bits per heavy atom. The van der Waals surface area contributed by atoms with Gasteiger partial charge in [-0.15, -0.1) is 0 Å². The van der Waals surface area contributed by atoms with Crippen molar-refractivity contribution in [3.8, 4) is 0 Å². The van der Waals surface area contributed by atoms with Crippen molar-refractivity contribution in [2.75, 3.05) is 23.7 Å². The molecule has 0 saturated carbocycles. The topological polar surface area (TPSA) is 49.8 Å². The van der Waals surface area contributed by atoms with Gasteiger partial charge in [0.2, 0.25) is 0 Å². The van der Waals surface area contributed by atoms with Crippen molar-refractivity contribution in [1.29, 1.82) is 0 Å². The zero-order valence-electron chi connectivity index (χ0n) is 8.72. The minimum absolute atomic E-state index is 0.844. The van der Waals surface area contributed by atoms with Crippen LogP contribution in [0.2, 0.25) is 0 Å². The highest BCUT2D eigenvalue weighted by Crippen LogP contribution is 2.25. The highest BCUT2D eigenvalue weighted by Gasteiger charge is 2.13. The molecule has 1 aliphatic rings. The second-order valence-corrected chi connectivity index (χ2v) is 3.50. The van der Waals surface area contributed by atoms with E-state index in [1.165, 1.54) is 0 Å². The van der Waals surface area contributed by atoms with E-state index in [1.807, 2.05) is 6.92 Å². The van der Waals surface area contributed by atoms with Gasteiger partial charge in [-0.1, -0.05) is 6.92 Å². The number of fused-ring (bicyclic) bond motifs is 1. The smallest absolute Gasteiger partial charge is 0.153 e. The van der Waals surface area contributed by atoms with E-state index in [4.69, 9.17) is 0 Å². The van der Waals surface area contributed by atoms with E-state index in [1.54, 1.807) is 0 Å². The number of nitrogens with zero attached hydrogens (tertiary/aromatic N) is 2. The van der Waals surface area contributed by atoms with Crippen LogP contribution in [0.1, 0.15) is 24.9 Å². The van der Waals surface area contributed by atoms with Crippen molar-refractivity contribution in [2.45, 2.75) is 26.7 Å². The number of hydrogen-bond acceptors (Lipinski definition) is 4. The zero-order chi connectivity index (χ0) is 9.97. The first-order valence-corrected chi connectivity index (χ1v) is 5.16. The Hall–Kier alpha value is -1.32. The third-order valence-corrected chi connectivity index (χ3v) is 2.38. The van der Waals surface area contributed by atoms with Gasteiger partial charge in [0.05, 0.1) is 11.4 Å². The average Bonchev–Trinajstić information content (AvgIpc) is 2.41. The second-order valence-electron chi connectivity index (χ2n) is 3.50. The predicted molar refractivity (Wildman–Crippen MR) is 57.7 cm³/mol. The predicted octanol–water partition coefficient (Wildman–Crippen LogP) is 1.57. The Balaban J connectivity index is 2.46. The molecule has 2 N–H and O–H groups in total. The second kappa shape index (κ2) is 3.82. The Morgan fingerprint density at radius 1 is 1.21 bits per heavy atom. The van der Waals surface area contributed by atoms with Gasteiger partial charge < -0.3 is 10.6 Å². The Morgan fingerprint density at radius 2 is 2.00 bits per heavy atom. The summed E-state index contributed by atoms with van der Waals surface area (Å²) in [6.07, 6.45) is 2.07. The zero-order valence-corrected chi connectivity index (χ0v) is 8.72. The van der Waals surface area contributed by atoms with Crippen LogP contribution >= 0.6 is 0 Å². The molecule has 76 valence electrons. The van der Waals surface area contributed by atoms with Crippen LogP contribution in [0.25, 0.3) is 0 Å². The summed E-state index contributed by atoms with van der Waals surface area (Å²) in [6.45, 7) is 6.04. The van der Waals surface area contributed by atoms with Gasteiger partial charge in [0, 0.05) is 13.1 Å². The van der Waals surface area contributed by atoms with Crippen molar-refractivity contribution in [1.82, 2.24) is 9.97 Å². The van der Waals surface area contributed by atoms with Gasteiger partial charge in [0.1, 0.15) is 5.82 Å². The van der Waals surface area contributed by atoms with Crippen LogP contribution in [0.15, 0.2) is 0 Å². The molecule has 4 heteroatoms. The van der Waals surface area contributed by atoms with Crippen molar-refractivity contribution in [2.24, 2.45) is 0 Å². The van der Waals surface area contributed by atoms with Gasteiger partial charge >= 0.3 is 0 Å². The molecule has 1 aromatic rings. The van der Waals surface area contributed by atoms with Crippen molar-refractivity contribution in [3.63, 3.8) is 0 Å². The maximum absolute atomic E-state index is 4.43. The van der Waals surface area contributed by atoms with E-state index in [-0.39, 0.29) is 0 Å². The molecule has 1 aromatic heterocycles. The lowest BCUT2D eigenvalue weighted by Gasteiger charge is -2.11. The summed E-state index contributed by atoms with van der Waals surface area (Å²) in [5, 5.41) is 6.71. The number of rotatable bonds is 1. The van der Waals surface area contributed by atoms with Crippen molar-refractivity contribution < 1.29 is 0 Å². The number of hydrogen-bond donors (Lipinski definition) is 2. The third-order valence-electron chi connectivity index (χ3n) is 2.38. The number of anilines is 2. The fourth-order valence-electron chi connectivity index (χ4n) is 1.71. The van der Waals surface area contributed by atoms with Gasteiger partial charge in [0.25, 0.3) is 0 Å². The standard InChI is InChI=1S/C10H16N4/c1-3-8-9-10(14-7(2)13-8)12-6-4-5-11-9/h11H,3-6H2,1-2H3,(H,12,13,14). The largest absolute Gasteiger partial charge is 0.381 e. The fraction of sp³-hybridized carbons (Fsp3) is 0.600. The molecule has 2 rings (SSSR count). The third kappa shape index (κ3) is 1.64. The first-order valence-electron chi connectivity index (χ1n) is 5.16. The molecule has 0 fully saturated rings. The van der Waals surface area contributed by atoms with Gasteiger partial charge in [-0.25, -0.2) is 9.97 Å². The lowest BCUT2D eigenvalue weighted by molar-refractivity contribution is 0.925. The van der Waals surface area contributed by atoms with E-state index < -0.39 is 0 Å². The van der Waals surface area contributed by atoms with Crippen LogP contribution in [-0.4, -0.2) is 23.1 Å². The van der Waals surface area contributed by atoms with Crippen LogP contribution < -0.4 is 10.6 Å². The summed E-state index contributed by atoms with van der Waals surface area (Å²) >= 11 is 0. The molecule has 0 atom stereocenters. The molecule has 0 bridgehead atoms. The lowest BCUT2D eigenvalue weighted by atomic mass is 10.2. The molecule has 0 amide bonds. The van der Waals surface area contributed by atoms with Gasteiger partial charge in [0.15, 0.2) is 5.82 Å². The summed E-state index contributed by atoms with van der Waals surface area (Å²) in [5.74, 6) is 1.81. The fourth-order valence-corrected chi connectivity index (χ4v) is 1.71. The van der Waals surface area contributed by atoms with E-state index in [2.05, 4.69) is 27.5 Å². The van der Waals surface area contributed by atoms with Crippen molar-refractivity contribution >= 4 is 11.5 Å². The Bertz CT molecular complexity index is 335. The Kier molecular flexibility index (Phi) is 2.52. The SMILES string of the molecule is CCc1nc(C)nc2c1NCCCN2. The van der Waals surface area contributed by atoms with Gasteiger partial charge in [-0.05, 0) is 19.8 Å². The molecular weight excluding hydrogens is 176 g/mol.